The molecule has 1 heterocycles. The zero-order chi connectivity index (χ0) is 15.7. The Morgan fingerprint density at radius 1 is 0.955 bits per heavy atom. The lowest BCUT2D eigenvalue weighted by Crippen LogP contribution is -1.92. The molecule has 0 saturated heterocycles. The molecule has 3 nitrogen and oxygen atoms in total. The molecule has 0 bridgehead atoms. The van der Waals surface area contributed by atoms with Crippen LogP contribution in [0.5, 0.6) is 0 Å². The summed E-state index contributed by atoms with van der Waals surface area (Å²) in [5.74, 6) is -2.50. The van der Waals surface area contributed by atoms with Crippen LogP contribution in [0, 0.1) is 17.5 Å². The van der Waals surface area contributed by atoms with Crippen molar-refractivity contribution in [2.24, 2.45) is 0 Å². The van der Waals surface area contributed by atoms with E-state index in [4.69, 9.17) is 4.52 Å². The third kappa shape index (κ3) is 2.37. The number of hydrogen-bond donors (Lipinski definition) is 1. The molecule has 0 amide bonds. The Morgan fingerprint density at radius 3 is 2.41 bits per heavy atom. The van der Waals surface area contributed by atoms with Gasteiger partial charge in [-0.25, -0.2) is 13.2 Å². The maximum Gasteiger partial charge on any atom is 0.173 e. The molecule has 0 spiro atoms. The summed E-state index contributed by atoms with van der Waals surface area (Å²) in [6.45, 7) is -0.485. The van der Waals surface area contributed by atoms with Crippen LogP contribution in [0.1, 0.15) is 5.56 Å². The van der Waals surface area contributed by atoms with Crippen LogP contribution < -0.4 is 0 Å². The minimum Gasteiger partial charge on any atom is -0.391 e. The molecule has 0 saturated carbocycles. The van der Waals surface area contributed by atoms with Gasteiger partial charge in [0.1, 0.15) is 11.5 Å². The molecular formula is C16H10F3NO2. The van der Waals surface area contributed by atoms with Crippen LogP contribution in [0.15, 0.2) is 47.0 Å². The number of hydrogen-bond acceptors (Lipinski definition) is 3. The van der Waals surface area contributed by atoms with Crippen molar-refractivity contribution >= 4 is 0 Å². The Morgan fingerprint density at radius 2 is 1.73 bits per heavy atom. The normalized spacial score (nSPS) is 10.9. The second kappa shape index (κ2) is 5.65. The summed E-state index contributed by atoms with van der Waals surface area (Å²) in [4.78, 5) is 0. The molecule has 0 atom stereocenters. The number of halogens is 3. The third-order valence-electron chi connectivity index (χ3n) is 3.26. The summed E-state index contributed by atoms with van der Waals surface area (Å²) in [6, 6.07) is 9.05. The molecule has 22 heavy (non-hydrogen) atoms. The molecule has 2 aromatic carbocycles. The highest BCUT2D eigenvalue weighted by molar-refractivity contribution is 5.72. The third-order valence-corrected chi connectivity index (χ3v) is 3.26. The smallest absolute Gasteiger partial charge is 0.173 e. The van der Waals surface area contributed by atoms with Gasteiger partial charge in [-0.15, -0.1) is 0 Å². The van der Waals surface area contributed by atoms with Gasteiger partial charge in [-0.3, -0.25) is 0 Å². The van der Waals surface area contributed by atoms with Gasteiger partial charge >= 0.3 is 0 Å². The van der Waals surface area contributed by atoms with Crippen LogP contribution in [0.4, 0.5) is 13.2 Å². The summed E-state index contributed by atoms with van der Waals surface area (Å²) < 4.78 is 45.3. The van der Waals surface area contributed by atoms with Crippen molar-refractivity contribution in [3.63, 3.8) is 0 Å². The van der Waals surface area contributed by atoms with E-state index >= 15 is 0 Å². The van der Waals surface area contributed by atoms with Gasteiger partial charge < -0.3 is 9.63 Å². The lowest BCUT2D eigenvalue weighted by Gasteiger charge is -2.03. The van der Waals surface area contributed by atoms with Crippen LogP contribution in [0.25, 0.3) is 22.6 Å². The molecule has 0 aliphatic rings. The van der Waals surface area contributed by atoms with Crippen LogP contribution in [-0.2, 0) is 6.61 Å². The molecule has 0 radical (unpaired) electrons. The topological polar surface area (TPSA) is 46.3 Å². The number of aromatic nitrogens is 1. The number of aliphatic hydroxyl groups is 1. The van der Waals surface area contributed by atoms with E-state index in [1.807, 2.05) is 0 Å². The van der Waals surface area contributed by atoms with E-state index in [9.17, 15) is 18.3 Å². The minimum absolute atomic E-state index is 0.0691. The molecule has 0 fully saturated rings. The predicted molar refractivity (Wildman–Crippen MR) is 73.2 cm³/mol. The summed E-state index contributed by atoms with van der Waals surface area (Å²) in [7, 11) is 0. The average Bonchev–Trinajstić information content (AvgIpc) is 2.94. The maximum atomic E-state index is 13.8. The summed E-state index contributed by atoms with van der Waals surface area (Å²) >= 11 is 0. The molecule has 6 heteroatoms. The zero-order valence-corrected chi connectivity index (χ0v) is 11.2. The lowest BCUT2D eigenvalue weighted by atomic mass is 10.0. The van der Waals surface area contributed by atoms with Gasteiger partial charge in [0.2, 0.25) is 0 Å². The fraction of sp³-hybridized carbons (Fsp3) is 0.0625. The quantitative estimate of drug-likeness (QED) is 0.798. The number of rotatable bonds is 3. The number of benzene rings is 2. The molecule has 1 aromatic heterocycles. The first-order chi connectivity index (χ1) is 10.6. The SMILES string of the molecule is OCc1c(-c2ccccc2F)noc1-c1ccc(F)c(F)c1. The summed E-state index contributed by atoms with van der Waals surface area (Å²) in [6.07, 6.45) is 0. The molecular weight excluding hydrogens is 295 g/mol. The second-order valence-corrected chi connectivity index (χ2v) is 4.61. The Kier molecular flexibility index (Phi) is 3.68. The van der Waals surface area contributed by atoms with Gasteiger partial charge in [0.15, 0.2) is 17.4 Å². The van der Waals surface area contributed by atoms with E-state index in [0.29, 0.717) is 0 Å². The first kappa shape index (κ1) is 14.3. The summed E-state index contributed by atoms with van der Waals surface area (Å²) in [5, 5.41) is 13.3. The first-order valence-electron chi connectivity index (χ1n) is 6.41. The average molecular weight is 305 g/mol. The van der Waals surface area contributed by atoms with Crippen molar-refractivity contribution < 1.29 is 22.8 Å². The fourth-order valence-corrected chi connectivity index (χ4v) is 2.18. The van der Waals surface area contributed by atoms with Gasteiger partial charge in [0.05, 0.1) is 12.2 Å². The second-order valence-electron chi connectivity index (χ2n) is 4.61. The largest absolute Gasteiger partial charge is 0.391 e. The fourth-order valence-electron chi connectivity index (χ4n) is 2.18. The molecule has 0 aliphatic heterocycles. The van der Waals surface area contributed by atoms with Crippen molar-refractivity contribution in [3.05, 3.63) is 65.5 Å². The van der Waals surface area contributed by atoms with E-state index in [0.717, 1.165) is 12.1 Å². The Labute approximate surface area is 123 Å². The first-order valence-corrected chi connectivity index (χ1v) is 6.41. The predicted octanol–water partition coefficient (Wildman–Crippen LogP) is 3.92. The van der Waals surface area contributed by atoms with Crippen LogP contribution >= 0.6 is 0 Å². The van der Waals surface area contributed by atoms with Gasteiger partial charge in [-0.05, 0) is 30.3 Å². The van der Waals surface area contributed by atoms with E-state index in [-0.39, 0.29) is 28.1 Å². The minimum atomic E-state index is -1.05. The summed E-state index contributed by atoms with van der Waals surface area (Å²) in [5.41, 5.74) is 0.693. The van der Waals surface area contributed by atoms with E-state index in [1.165, 1.54) is 24.3 Å². The molecule has 0 unspecified atom stereocenters. The van der Waals surface area contributed by atoms with Gasteiger partial charge in [0, 0.05) is 11.1 Å². The number of nitrogens with zero attached hydrogens (tertiary/aromatic N) is 1. The van der Waals surface area contributed by atoms with E-state index in [2.05, 4.69) is 5.16 Å². The lowest BCUT2D eigenvalue weighted by molar-refractivity contribution is 0.281. The number of aliphatic hydroxyl groups excluding tert-OH is 1. The molecule has 0 aliphatic carbocycles. The van der Waals surface area contributed by atoms with E-state index in [1.54, 1.807) is 6.07 Å². The van der Waals surface area contributed by atoms with Gasteiger partial charge in [-0.2, -0.15) is 0 Å². The zero-order valence-electron chi connectivity index (χ0n) is 11.2. The van der Waals surface area contributed by atoms with E-state index < -0.39 is 24.1 Å². The Hall–Kier alpha value is -2.60. The van der Waals surface area contributed by atoms with Crippen molar-refractivity contribution in [2.75, 3.05) is 0 Å². The van der Waals surface area contributed by atoms with Gasteiger partial charge in [-0.1, -0.05) is 17.3 Å². The standard InChI is InChI=1S/C16H10F3NO2/c17-12-4-2-1-3-10(12)15-11(8-21)16(22-20-15)9-5-6-13(18)14(19)7-9/h1-7,21H,8H2. The van der Waals surface area contributed by atoms with Crippen molar-refractivity contribution in [2.45, 2.75) is 6.61 Å². The van der Waals surface area contributed by atoms with Gasteiger partial charge in [0.25, 0.3) is 0 Å². The van der Waals surface area contributed by atoms with Crippen molar-refractivity contribution in [1.29, 1.82) is 0 Å². The van der Waals surface area contributed by atoms with Crippen molar-refractivity contribution in [1.82, 2.24) is 5.16 Å². The molecule has 1 N–H and O–H groups in total. The Bertz CT molecular complexity index is 830. The molecule has 3 rings (SSSR count). The molecule has 112 valence electrons. The monoisotopic (exact) mass is 305 g/mol. The molecule has 3 aromatic rings. The highest BCUT2D eigenvalue weighted by atomic mass is 19.2. The highest BCUT2D eigenvalue weighted by Gasteiger charge is 2.21. The van der Waals surface area contributed by atoms with Crippen LogP contribution in [0.3, 0.4) is 0 Å². The highest BCUT2D eigenvalue weighted by Crippen LogP contribution is 2.33. The maximum absolute atomic E-state index is 13.8. The van der Waals surface area contributed by atoms with Crippen LogP contribution in [0.2, 0.25) is 0 Å². The van der Waals surface area contributed by atoms with Crippen LogP contribution in [-0.4, -0.2) is 10.3 Å². The Balaban J connectivity index is 2.15. The van der Waals surface area contributed by atoms with Crippen molar-refractivity contribution in [3.8, 4) is 22.6 Å².